The van der Waals surface area contributed by atoms with Gasteiger partial charge in [0.1, 0.15) is 5.82 Å². The molecule has 0 radical (unpaired) electrons. The molecule has 1 spiro atoms. The Bertz CT molecular complexity index is 845. The first-order chi connectivity index (χ1) is 12.9. The molecule has 3 fully saturated rings. The lowest BCUT2D eigenvalue weighted by Gasteiger charge is -2.55. The highest BCUT2D eigenvalue weighted by atomic mass is 32.2. The lowest BCUT2D eigenvalue weighted by Crippen LogP contribution is -2.57. The minimum absolute atomic E-state index is 0.0226. The van der Waals surface area contributed by atoms with Gasteiger partial charge in [0, 0.05) is 32.2 Å². The summed E-state index contributed by atoms with van der Waals surface area (Å²) in [6.45, 7) is 4.49. The number of sulfonamides is 1. The van der Waals surface area contributed by atoms with E-state index in [1.54, 1.807) is 0 Å². The Morgan fingerprint density at radius 3 is 2.41 bits per heavy atom. The van der Waals surface area contributed by atoms with Crippen LogP contribution >= 0.6 is 0 Å². The predicted molar refractivity (Wildman–Crippen MR) is 97.0 cm³/mol. The summed E-state index contributed by atoms with van der Waals surface area (Å²) < 4.78 is 46.3. The van der Waals surface area contributed by atoms with Crippen LogP contribution in [0.15, 0.2) is 23.1 Å². The van der Waals surface area contributed by atoms with Crippen LogP contribution in [0, 0.1) is 22.6 Å². The number of hydrogen-bond acceptors (Lipinski definition) is 5. The molecule has 27 heavy (non-hydrogen) atoms. The Hall–Kier alpha value is -1.53. The van der Waals surface area contributed by atoms with E-state index in [4.69, 9.17) is 10.00 Å². The molecule has 0 atom stereocenters. The van der Waals surface area contributed by atoms with Crippen LogP contribution in [-0.4, -0.2) is 63.1 Å². The van der Waals surface area contributed by atoms with Gasteiger partial charge in [-0.3, -0.25) is 4.90 Å². The number of nitriles is 1. The molecule has 1 aromatic carbocycles. The maximum absolute atomic E-state index is 13.7. The highest BCUT2D eigenvalue weighted by Gasteiger charge is 2.49. The van der Waals surface area contributed by atoms with Gasteiger partial charge in [-0.1, -0.05) is 0 Å². The lowest BCUT2D eigenvalue weighted by molar-refractivity contribution is -0.0670. The van der Waals surface area contributed by atoms with Gasteiger partial charge in [-0.25, -0.2) is 12.8 Å². The zero-order valence-corrected chi connectivity index (χ0v) is 16.0. The van der Waals surface area contributed by atoms with Gasteiger partial charge in [0.25, 0.3) is 0 Å². The van der Waals surface area contributed by atoms with E-state index < -0.39 is 15.8 Å². The Balaban J connectivity index is 1.39. The van der Waals surface area contributed by atoms with E-state index in [9.17, 15) is 12.8 Å². The lowest BCUT2D eigenvalue weighted by atomic mass is 9.60. The molecule has 6 nitrogen and oxygen atoms in total. The third kappa shape index (κ3) is 3.61. The second kappa shape index (κ2) is 7.13. The maximum Gasteiger partial charge on any atom is 0.243 e. The molecule has 1 aromatic rings. The van der Waals surface area contributed by atoms with Crippen molar-refractivity contribution in [2.24, 2.45) is 5.41 Å². The summed E-state index contributed by atoms with van der Waals surface area (Å²) in [6, 6.07) is 5.70. The van der Waals surface area contributed by atoms with Crippen LogP contribution < -0.4 is 0 Å². The van der Waals surface area contributed by atoms with Crippen molar-refractivity contribution >= 4 is 10.0 Å². The summed E-state index contributed by atoms with van der Waals surface area (Å²) >= 11 is 0. The fourth-order valence-electron chi connectivity index (χ4n) is 4.68. The topological polar surface area (TPSA) is 73.6 Å². The Labute approximate surface area is 159 Å². The molecule has 3 aliphatic rings. The average molecular weight is 393 g/mol. The van der Waals surface area contributed by atoms with E-state index in [2.05, 4.69) is 4.90 Å². The first-order valence-corrected chi connectivity index (χ1v) is 10.9. The summed E-state index contributed by atoms with van der Waals surface area (Å²) in [5.74, 6) is -0.701. The van der Waals surface area contributed by atoms with Gasteiger partial charge in [-0.05, 0) is 49.3 Å². The first-order valence-electron chi connectivity index (χ1n) is 9.45. The monoisotopic (exact) mass is 393 g/mol. The van der Waals surface area contributed by atoms with Crippen molar-refractivity contribution in [1.29, 1.82) is 5.26 Å². The van der Waals surface area contributed by atoms with Crippen LogP contribution in [0.25, 0.3) is 0 Å². The molecular formula is C19H24FN3O3S. The number of rotatable bonds is 3. The Kier molecular flexibility index (Phi) is 4.97. The number of morpholine rings is 1. The molecule has 0 unspecified atom stereocenters. The molecule has 0 amide bonds. The van der Waals surface area contributed by atoms with Gasteiger partial charge >= 0.3 is 0 Å². The van der Waals surface area contributed by atoms with Gasteiger partial charge in [-0.2, -0.15) is 9.57 Å². The molecule has 8 heteroatoms. The van der Waals surface area contributed by atoms with E-state index in [0.29, 0.717) is 19.1 Å². The van der Waals surface area contributed by atoms with Gasteiger partial charge in [0.2, 0.25) is 10.0 Å². The summed E-state index contributed by atoms with van der Waals surface area (Å²) in [5.41, 5.74) is 0.267. The standard InChI is InChI=1S/C19H24FN3O3S/c20-16-9-15(14-21)10-18(11-16)27(24,25)23-3-1-19(2-4-23)12-17(13-19)22-5-7-26-8-6-22/h9-11,17H,1-8,12-13H2. The van der Waals surface area contributed by atoms with Crippen LogP contribution in [0.2, 0.25) is 0 Å². The summed E-state index contributed by atoms with van der Waals surface area (Å²) in [7, 11) is -3.77. The average Bonchev–Trinajstić information content (AvgIpc) is 2.66. The summed E-state index contributed by atoms with van der Waals surface area (Å²) in [5, 5.41) is 8.97. The predicted octanol–water partition coefficient (Wildman–Crippen LogP) is 1.96. The maximum atomic E-state index is 13.7. The van der Waals surface area contributed by atoms with E-state index in [1.165, 1.54) is 10.4 Å². The largest absolute Gasteiger partial charge is 0.379 e. The van der Waals surface area contributed by atoms with Crippen molar-refractivity contribution in [2.75, 3.05) is 39.4 Å². The van der Waals surface area contributed by atoms with Crippen LogP contribution in [0.1, 0.15) is 31.2 Å². The van der Waals surface area contributed by atoms with Gasteiger partial charge in [0.15, 0.2) is 0 Å². The zero-order valence-electron chi connectivity index (χ0n) is 15.2. The first kappa shape index (κ1) is 18.8. The highest BCUT2D eigenvalue weighted by molar-refractivity contribution is 7.89. The van der Waals surface area contributed by atoms with Crippen LogP contribution in [0.4, 0.5) is 4.39 Å². The zero-order chi connectivity index (χ0) is 19.1. The molecule has 2 saturated heterocycles. The van der Waals surface area contributed by atoms with Crippen LogP contribution in [0.5, 0.6) is 0 Å². The van der Waals surface area contributed by atoms with Gasteiger partial charge in [0.05, 0.1) is 29.7 Å². The van der Waals surface area contributed by atoms with E-state index in [1.807, 2.05) is 6.07 Å². The third-order valence-electron chi connectivity index (χ3n) is 6.32. The molecule has 0 N–H and O–H groups in total. The molecule has 1 aliphatic carbocycles. The highest BCUT2D eigenvalue weighted by Crippen LogP contribution is 2.51. The van der Waals surface area contributed by atoms with Gasteiger partial charge in [-0.15, -0.1) is 0 Å². The SMILES string of the molecule is N#Cc1cc(F)cc(S(=O)(=O)N2CCC3(CC2)CC(N2CCOCC2)C3)c1. The summed E-state index contributed by atoms with van der Waals surface area (Å²) in [4.78, 5) is 2.36. The van der Waals surface area contributed by atoms with E-state index in [-0.39, 0.29) is 15.9 Å². The van der Waals surface area contributed by atoms with Gasteiger partial charge < -0.3 is 4.74 Å². The van der Waals surface area contributed by atoms with Crippen LogP contribution in [0.3, 0.4) is 0 Å². The number of hydrogen-bond donors (Lipinski definition) is 0. The fourth-order valence-corrected chi connectivity index (χ4v) is 6.17. The quantitative estimate of drug-likeness (QED) is 0.785. The Morgan fingerprint density at radius 2 is 1.78 bits per heavy atom. The molecule has 1 saturated carbocycles. The number of ether oxygens (including phenoxy) is 1. The van der Waals surface area contributed by atoms with E-state index in [0.717, 1.165) is 64.1 Å². The van der Waals surface area contributed by atoms with Crippen molar-refractivity contribution in [3.05, 3.63) is 29.6 Å². The number of piperidine rings is 1. The van der Waals surface area contributed by atoms with Crippen molar-refractivity contribution < 1.29 is 17.5 Å². The van der Waals surface area contributed by atoms with Crippen LogP contribution in [-0.2, 0) is 14.8 Å². The molecule has 0 aromatic heterocycles. The minimum Gasteiger partial charge on any atom is -0.379 e. The third-order valence-corrected chi connectivity index (χ3v) is 8.20. The minimum atomic E-state index is -3.77. The fraction of sp³-hybridized carbons (Fsp3) is 0.632. The van der Waals surface area contributed by atoms with Crippen molar-refractivity contribution in [3.63, 3.8) is 0 Å². The summed E-state index contributed by atoms with van der Waals surface area (Å²) in [6.07, 6.45) is 3.93. The second-order valence-electron chi connectivity index (χ2n) is 7.90. The second-order valence-corrected chi connectivity index (χ2v) is 9.84. The number of benzene rings is 1. The number of nitrogens with zero attached hydrogens (tertiary/aromatic N) is 3. The Morgan fingerprint density at radius 1 is 1.11 bits per heavy atom. The molecule has 4 rings (SSSR count). The molecule has 146 valence electrons. The molecule has 0 bridgehead atoms. The molecular weight excluding hydrogens is 369 g/mol. The molecule has 2 heterocycles. The smallest absolute Gasteiger partial charge is 0.243 e. The van der Waals surface area contributed by atoms with Crippen molar-refractivity contribution in [2.45, 2.75) is 36.6 Å². The normalized spacial score (nSPS) is 24.4. The number of halogens is 1. The van der Waals surface area contributed by atoms with Crippen molar-refractivity contribution in [3.8, 4) is 6.07 Å². The molecule has 2 aliphatic heterocycles. The van der Waals surface area contributed by atoms with Crippen molar-refractivity contribution in [1.82, 2.24) is 9.21 Å². The van der Waals surface area contributed by atoms with E-state index >= 15 is 0 Å².